The summed E-state index contributed by atoms with van der Waals surface area (Å²) >= 11 is 6.07. The molecule has 2 aromatic carbocycles. The van der Waals surface area contributed by atoms with E-state index in [4.69, 9.17) is 16.3 Å². The maximum atomic E-state index is 12.9. The summed E-state index contributed by atoms with van der Waals surface area (Å²) in [6.45, 7) is 3.34. The molecule has 2 aromatic rings. The lowest BCUT2D eigenvalue weighted by Gasteiger charge is -2.37. The molecule has 6 nitrogen and oxygen atoms in total. The van der Waals surface area contributed by atoms with Crippen molar-refractivity contribution in [2.75, 3.05) is 44.6 Å². The summed E-state index contributed by atoms with van der Waals surface area (Å²) in [5, 5.41) is 3.56. The van der Waals surface area contributed by atoms with Gasteiger partial charge in [-0.3, -0.25) is 14.5 Å². The van der Waals surface area contributed by atoms with Gasteiger partial charge in [-0.05, 0) is 42.3 Å². The lowest BCUT2D eigenvalue weighted by atomic mass is 9.95. The van der Waals surface area contributed by atoms with E-state index in [0.29, 0.717) is 50.8 Å². The largest absolute Gasteiger partial charge is 0.492 e. The molecule has 2 amide bonds. The molecule has 1 saturated heterocycles. The number of hydrogen-bond acceptors (Lipinski definition) is 4. The number of rotatable bonds is 4. The molecule has 2 heterocycles. The molecular formula is C22H24ClN3O3. The smallest absolute Gasteiger partial charge is 0.238 e. The van der Waals surface area contributed by atoms with Crippen LogP contribution in [0.4, 0.5) is 5.69 Å². The molecule has 1 N–H and O–H groups in total. The first-order valence-electron chi connectivity index (χ1n) is 9.86. The Balaban J connectivity index is 1.26. The second-order valence-corrected chi connectivity index (χ2v) is 7.92. The van der Waals surface area contributed by atoms with Crippen LogP contribution in [-0.4, -0.2) is 60.9 Å². The van der Waals surface area contributed by atoms with Crippen LogP contribution >= 0.6 is 11.6 Å². The summed E-state index contributed by atoms with van der Waals surface area (Å²) in [4.78, 5) is 29.1. The van der Waals surface area contributed by atoms with E-state index in [0.717, 1.165) is 17.0 Å². The number of benzene rings is 2. The summed E-state index contributed by atoms with van der Waals surface area (Å²) < 4.78 is 5.76. The van der Waals surface area contributed by atoms with Gasteiger partial charge >= 0.3 is 0 Å². The van der Waals surface area contributed by atoms with Crippen molar-refractivity contribution in [3.05, 3.63) is 59.1 Å². The maximum absolute atomic E-state index is 12.9. The molecular weight excluding hydrogens is 390 g/mol. The number of anilines is 1. The summed E-state index contributed by atoms with van der Waals surface area (Å²) in [7, 11) is 0. The van der Waals surface area contributed by atoms with E-state index in [1.807, 2.05) is 47.4 Å². The zero-order valence-corrected chi connectivity index (χ0v) is 16.9. The highest BCUT2D eigenvalue weighted by molar-refractivity contribution is 6.30. The highest BCUT2D eigenvalue weighted by Gasteiger charge is 2.31. The summed E-state index contributed by atoms with van der Waals surface area (Å²) in [5.41, 5.74) is 1.78. The fraction of sp³-hybridized carbons (Fsp3) is 0.364. The van der Waals surface area contributed by atoms with Gasteiger partial charge < -0.3 is 15.0 Å². The third kappa shape index (κ3) is 4.89. The molecule has 29 heavy (non-hydrogen) atoms. The Bertz CT molecular complexity index is 882. The molecule has 0 bridgehead atoms. The fourth-order valence-corrected chi connectivity index (χ4v) is 4.03. The number of amides is 2. The van der Waals surface area contributed by atoms with Gasteiger partial charge in [0.2, 0.25) is 11.8 Å². The molecule has 7 heteroatoms. The average molecular weight is 414 g/mol. The monoisotopic (exact) mass is 413 g/mol. The Hall–Kier alpha value is -2.57. The van der Waals surface area contributed by atoms with Crippen molar-refractivity contribution in [3.63, 3.8) is 0 Å². The van der Waals surface area contributed by atoms with Crippen LogP contribution in [0.15, 0.2) is 48.5 Å². The van der Waals surface area contributed by atoms with Gasteiger partial charge in [-0.2, -0.15) is 0 Å². The minimum absolute atomic E-state index is 0.0369. The second kappa shape index (κ2) is 8.84. The van der Waals surface area contributed by atoms with Gasteiger partial charge in [-0.1, -0.05) is 29.8 Å². The predicted molar refractivity (Wildman–Crippen MR) is 112 cm³/mol. The Kier molecular flexibility index (Phi) is 6.02. The van der Waals surface area contributed by atoms with Crippen LogP contribution < -0.4 is 10.1 Å². The third-order valence-electron chi connectivity index (χ3n) is 5.39. The Morgan fingerprint density at radius 3 is 2.59 bits per heavy atom. The van der Waals surface area contributed by atoms with Gasteiger partial charge in [0.15, 0.2) is 0 Å². The molecule has 0 radical (unpaired) electrons. The van der Waals surface area contributed by atoms with Crippen LogP contribution in [0.2, 0.25) is 5.02 Å². The molecule has 2 aliphatic rings. The number of piperazine rings is 1. The highest BCUT2D eigenvalue weighted by Crippen LogP contribution is 2.30. The van der Waals surface area contributed by atoms with Gasteiger partial charge in [0.1, 0.15) is 12.4 Å². The molecule has 152 valence electrons. The average Bonchev–Trinajstić information content (AvgIpc) is 2.74. The molecule has 1 atom stereocenters. The van der Waals surface area contributed by atoms with Crippen LogP contribution in [0, 0.1) is 5.92 Å². The number of carbonyl (C=O) groups excluding carboxylic acids is 2. The first-order valence-corrected chi connectivity index (χ1v) is 10.2. The molecule has 1 fully saturated rings. The van der Waals surface area contributed by atoms with Gasteiger partial charge in [0.05, 0.1) is 12.5 Å². The van der Waals surface area contributed by atoms with E-state index in [9.17, 15) is 9.59 Å². The SMILES string of the molecule is O=C(CN1CCN(C(=O)C2COc3ccc(Cl)cc3C2)CC1)Nc1ccccc1. The fourth-order valence-electron chi connectivity index (χ4n) is 3.83. The highest BCUT2D eigenvalue weighted by atomic mass is 35.5. The number of hydrogen-bond donors (Lipinski definition) is 1. The van der Waals surface area contributed by atoms with E-state index in [2.05, 4.69) is 10.2 Å². The summed E-state index contributed by atoms with van der Waals surface area (Å²) in [5.74, 6) is 0.704. The number of nitrogens with one attached hydrogen (secondary N) is 1. The van der Waals surface area contributed by atoms with E-state index < -0.39 is 0 Å². The molecule has 0 aromatic heterocycles. The van der Waals surface area contributed by atoms with Crippen molar-refractivity contribution in [1.82, 2.24) is 9.80 Å². The Morgan fingerprint density at radius 2 is 1.83 bits per heavy atom. The third-order valence-corrected chi connectivity index (χ3v) is 5.62. The second-order valence-electron chi connectivity index (χ2n) is 7.48. The van der Waals surface area contributed by atoms with Crippen molar-refractivity contribution >= 4 is 29.1 Å². The first kappa shape index (κ1) is 19.7. The van der Waals surface area contributed by atoms with Crippen LogP contribution in [0.3, 0.4) is 0 Å². The van der Waals surface area contributed by atoms with Crippen LogP contribution in [0.5, 0.6) is 5.75 Å². The van der Waals surface area contributed by atoms with E-state index in [1.54, 1.807) is 6.07 Å². The van der Waals surface area contributed by atoms with Gasteiger partial charge in [0, 0.05) is 36.9 Å². The first-order chi connectivity index (χ1) is 14.1. The number of fused-ring (bicyclic) bond motifs is 1. The zero-order valence-electron chi connectivity index (χ0n) is 16.1. The maximum Gasteiger partial charge on any atom is 0.238 e. The number of carbonyl (C=O) groups is 2. The quantitative estimate of drug-likeness (QED) is 0.837. The van der Waals surface area contributed by atoms with Gasteiger partial charge in [0.25, 0.3) is 0 Å². The zero-order chi connectivity index (χ0) is 20.2. The standard InChI is InChI=1S/C22H24ClN3O3/c23-18-6-7-20-16(13-18)12-17(15-29-20)22(28)26-10-8-25(9-11-26)14-21(27)24-19-4-2-1-3-5-19/h1-7,13,17H,8-12,14-15H2,(H,24,27). The normalized spacial score (nSPS) is 19.2. The lowest BCUT2D eigenvalue weighted by molar-refractivity contribution is -0.138. The van der Waals surface area contributed by atoms with Gasteiger partial charge in [-0.15, -0.1) is 0 Å². The van der Waals surface area contributed by atoms with Crippen molar-refractivity contribution in [2.45, 2.75) is 6.42 Å². The van der Waals surface area contributed by atoms with Gasteiger partial charge in [-0.25, -0.2) is 0 Å². The van der Waals surface area contributed by atoms with Crippen LogP contribution in [0.25, 0.3) is 0 Å². The van der Waals surface area contributed by atoms with Crippen LogP contribution in [0.1, 0.15) is 5.56 Å². The number of ether oxygens (including phenoxy) is 1. The molecule has 0 spiro atoms. The molecule has 2 aliphatic heterocycles. The number of halogens is 1. The van der Waals surface area contributed by atoms with E-state index in [-0.39, 0.29) is 17.7 Å². The predicted octanol–water partition coefficient (Wildman–Crippen LogP) is 2.67. The van der Waals surface area contributed by atoms with E-state index in [1.165, 1.54) is 0 Å². The molecule has 0 saturated carbocycles. The number of nitrogens with zero attached hydrogens (tertiary/aromatic N) is 2. The van der Waals surface area contributed by atoms with Crippen molar-refractivity contribution < 1.29 is 14.3 Å². The molecule has 0 aliphatic carbocycles. The number of para-hydroxylation sites is 1. The topological polar surface area (TPSA) is 61.9 Å². The molecule has 4 rings (SSSR count). The van der Waals surface area contributed by atoms with Crippen LogP contribution in [-0.2, 0) is 16.0 Å². The summed E-state index contributed by atoms with van der Waals surface area (Å²) in [6.07, 6.45) is 0.647. The minimum Gasteiger partial charge on any atom is -0.492 e. The summed E-state index contributed by atoms with van der Waals surface area (Å²) in [6, 6.07) is 15.0. The minimum atomic E-state index is -0.186. The van der Waals surface area contributed by atoms with E-state index >= 15 is 0 Å². The van der Waals surface area contributed by atoms with Crippen molar-refractivity contribution in [2.24, 2.45) is 5.92 Å². The lowest BCUT2D eigenvalue weighted by Crippen LogP contribution is -2.52. The van der Waals surface area contributed by atoms with Crippen molar-refractivity contribution in [3.8, 4) is 5.75 Å². The van der Waals surface area contributed by atoms with Crippen molar-refractivity contribution in [1.29, 1.82) is 0 Å². The Morgan fingerprint density at radius 1 is 1.07 bits per heavy atom. The molecule has 1 unspecified atom stereocenters. The Labute approximate surface area is 175 Å².